The summed E-state index contributed by atoms with van der Waals surface area (Å²) in [5, 5.41) is 0. The van der Waals surface area contributed by atoms with Gasteiger partial charge in [0.2, 0.25) is 0 Å². The molecule has 0 spiro atoms. The molecule has 0 heterocycles. The summed E-state index contributed by atoms with van der Waals surface area (Å²) in [6, 6.07) is 6.33. The molecule has 86 valence electrons. The lowest BCUT2D eigenvalue weighted by Gasteiger charge is -2.25. The molecule has 1 fully saturated rings. The van der Waals surface area contributed by atoms with Crippen LogP contribution in [0.4, 0.5) is 4.39 Å². The fraction of sp³-hybridized carbons (Fsp3) is 0.500. The topological polar surface area (TPSA) is 17.1 Å². The predicted molar refractivity (Wildman–Crippen MR) is 61.9 cm³/mol. The van der Waals surface area contributed by atoms with Crippen LogP contribution in [0, 0.1) is 11.2 Å². The van der Waals surface area contributed by atoms with Crippen LogP contribution >= 0.6 is 0 Å². The maximum atomic E-state index is 13.6. The fourth-order valence-corrected chi connectivity index (χ4v) is 2.72. The molecule has 16 heavy (non-hydrogen) atoms. The molecule has 0 atom stereocenters. The molecule has 0 bridgehead atoms. The van der Waals surface area contributed by atoms with Gasteiger partial charge in [0.05, 0.1) is 5.56 Å². The van der Waals surface area contributed by atoms with Gasteiger partial charge in [-0.1, -0.05) is 31.9 Å². The summed E-state index contributed by atoms with van der Waals surface area (Å²) in [4.78, 5) is 12.4. The summed E-state index contributed by atoms with van der Waals surface area (Å²) in [6.07, 6.45) is 4.83. The molecular formula is C14H17FO. The lowest BCUT2D eigenvalue weighted by atomic mass is 9.76. The summed E-state index contributed by atoms with van der Waals surface area (Å²) in [5.41, 5.74) is -0.0198. The van der Waals surface area contributed by atoms with Gasteiger partial charge in [-0.05, 0) is 31.4 Å². The highest BCUT2D eigenvalue weighted by molar-refractivity contribution is 6.00. The Morgan fingerprint density at radius 2 is 1.94 bits per heavy atom. The summed E-state index contributed by atoms with van der Waals surface area (Å²) in [7, 11) is 0. The number of benzene rings is 1. The first-order valence-electron chi connectivity index (χ1n) is 5.99. The zero-order valence-corrected chi connectivity index (χ0v) is 9.63. The number of carbonyl (C=O) groups is 1. The minimum atomic E-state index is -0.382. The highest BCUT2D eigenvalue weighted by atomic mass is 19.1. The Morgan fingerprint density at radius 3 is 2.50 bits per heavy atom. The van der Waals surface area contributed by atoms with Crippen LogP contribution < -0.4 is 0 Å². The highest BCUT2D eigenvalue weighted by Crippen LogP contribution is 2.43. The van der Waals surface area contributed by atoms with Crippen molar-refractivity contribution >= 4 is 5.78 Å². The van der Waals surface area contributed by atoms with Gasteiger partial charge in [0, 0.05) is 5.41 Å². The van der Waals surface area contributed by atoms with E-state index in [1.54, 1.807) is 18.2 Å². The quantitative estimate of drug-likeness (QED) is 0.704. The summed E-state index contributed by atoms with van der Waals surface area (Å²) in [6.45, 7) is 2.03. The second-order valence-corrected chi connectivity index (χ2v) is 4.65. The number of hydrogen-bond acceptors (Lipinski definition) is 1. The number of halogens is 1. The largest absolute Gasteiger partial charge is 0.293 e. The van der Waals surface area contributed by atoms with Crippen molar-refractivity contribution in [2.45, 2.75) is 39.0 Å². The van der Waals surface area contributed by atoms with Gasteiger partial charge in [-0.15, -0.1) is 0 Å². The molecule has 1 saturated carbocycles. The standard InChI is InChI=1S/C14H17FO/c1-2-14(9-5-6-10-14)13(16)11-7-3-4-8-12(11)15/h3-4,7-8H,2,5-6,9-10H2,1H3. The average Bonchev–Trinajstić information content (AvgIpc) is 2.78. The molecule has 1 aromatic carbocycles. The minimum Gasteiger partial charge on any atom is -0.293 e. The normalized spacial score (nSPS) is 18.6. The molecule has 0 saturated heterocycles. The molecule has 0 radical (unpaired) electrons. The maximum absolute atomic E-state index is 13.6. The van der Waals surface area contributed by atoms with Crippen molar-refractivity contribution in [2.24, 2.45) is 5.41 Å². The van der Waals surface area contributed by atoms with Crippen molar-refractivity contribution in [3.05, 3.63) is 35.6 Å². The van der Waals surface area contributed by atoms with Crippen molar-refractivity contribution in [3.8, 4) is 0 Å². The first kappa shape index (κ1) is 11.3. The zero-order chi connectivity index (χ0) is 11.6. The zero-order valence-electron chi connectivity index (χ0n) is 9.63. The second-order valence-electron chi connectivity index (χ2n) is 4.65. The van der Waals surface area contributed by atoms with Gasteiger partial charge in [-0.2, -0.15) is 0 Å². The van der Waals surface area contributed by atoms with E-state index in [9.17, 15) is 9.18 Å². The number of Topliss-reactive ketones (excluding diaryl/α,β-unsaturated/α-hetero) is 1. The van der Waals surface area contributed by atoms with Gasteiger partial charge in [-0.3, -0.25) is 4.79 Å². The van der Waals surface area contributed by atoms with E-state index in [0.717, 1.165) is 32.1 Å². The Labute approximate surface area is 95.7 Å². The Balaban J connectivity index is 2.34. The van der Waals surface area contributed by atoms with Gasteiger partial charge < -0.3 is 0 Å². The molecule has 1 aliphatic carbocycles. The van der Waals surface area contributed by atoms with Crippen molar-refractivity contribution < 1.29 is 9.18 Å². The Morgan fingerprint density at radius 1 is 1.31 bits per heavy atom. The maximum Gasteiger partial charge on any atom is 0.171 e. The van der Waals surface area contributed by atoms with Crippen LogP contribution in [0.2, 0.25) is 0 Å². The van der Waals surface area contributed by atoms with Crippen LogP contribution in [-0.2, 0) is 0 Å². The molecule has 2 heteroatoms. The van der Waals surface area contributed by atoms with Crippen molar-refractivity contribution in [3.63, 3.8) is 0 Å². The molecule has 0 N–H and O–H groups in total. The van der Waals surface area contributed by atoms with E-state index in [0.29, 0.717) is 0 Å². The summed E-state index contributed by atoms with van der Waals surface area (Å²) in [5.74, 6) is -0.377. The van der Waals surface area contributed by atoms with E-state index in [1.807, 2.05) is 6.92 Å². The van der Waals surface area contributed by atoms with E-state index < -0.39 is 0 Å². The minimum absolute atomic E-state index is 0.00519. The lowest BCUT2D eigenvalue weighted by Crippen LogP contribution is -2.28. The fourth-order valence-electron chi connectivity index (χ4n) is 2.72. The molecule has 0 unspecified atom stereocenters. The molecule has 1 aromatic rings. The van der Waals surface area contributed by atoms with E-state index >= 15 is 0 Å². The molecule has 0 aliphatic heterocycles. The van der Waals surface area contributed by atoms with Crippen LogP contribution in [0.25, 0.3) is 0 Å². The monoisotopic (exact) mass is 220 g/mol. The average molecular weight is 220 g/mol. The summed E-state index contributed by atoms with van der Waals surface area (Å²) >= 11 is 0. The number of carbonyl (C=O) groups excluding carboxylic acids is 1. The number of rotatable bonds is 3. The van der Waals surface area contributed by atoms with E-state index in [2.05, 4.69) is 0 Å². The van der Waals surface area contributed by atoms with E-state index in [4.69, 9.17) is 0 Å². The van der Waals surface area contributed by atoms with Crippen molar-refractivity contribution in [1.82, 2.24) is 0 Å². The predicted octanol–water partition coefficient (Wildman–Crippen LogP) is 3.98. The van der Waals surface area contributed by atoms with Gasteiger partial charge in [0.25, 0.3) is 0 Å². The molecule has 0 aromatic heterocycles. The second kappa shape index (κ2) is 4.36. The molecule has 1 nitrogen and oxygen atoms in total. The van der Waals surface area contributed by atoms with Crippen LogP contribution in [0.5, 0.6) is 0 Å². The molecular weight excluding hydrogens is 203 g/mol. The third-order valence-corrected chi connectivity index (χ3v) is 3.84. The molecule has 0 amide bonds. The van der Waals surface area contributed by atoms with Crippen molar-refractivity contribution in [2.75, 3.05) is 0 Å². The lowest BCUT2D eigenvalue weighted by molar-refractivity contribution is 0.0786. The smallest absolute Gasteiger partial charge is 0.171 e. The SMILES string of the molecule is CCC1(C(=O)c2ccccc2F)CCCC1. The number of ketones is 1. The Kier molecular flexibility index (Phi) is 3.08. The molecule has 1 aliphatic rings. The summed E-state index contributed by atoms with van der Waals surface area (Å²) < 4.78 is 13.6. The van der Waals surface area contributed by atoms with Crippen LogP contribution in [0.3, 0.4) is 0 Å². The van der Waals surface area contributed by atoms with Gasteiger partial charge >= 0.3 is 0 Å². The van der Waals surface area contributed by atoms with E-state index in [-0.39, 0.29) is 22.6 Å². The van der Waals surface area contributed by atoms with Crippen LogP contribution in [0.15, 0.2) is 24.3 Å². The van der Waals surface area contributed by atoms with Gasteiger partial charge in [0.1, 0.15) is 5.82 Å². The van der Waals surface area contributed by atoms with Gasteiger partial charge in [-0.25, -0.2) is 4.39 Å². The Hall–Kier alpha value is -1.18. The third-order valence-electron chi connectivity index (χ3n) is 3.84. The first-order valence-corrected chi connectivity index (χ1v) is 5.99. The van der Waals surface area contributed by atoms with E-state index in [1.165, 1.54) is 6.07 Å². The third kappa shape index (κ3) is 1.77. The number of hydrogen-bond donors (Lipinski definition) is 0. The van der Waals surface area contributed by atoms with Gasteiger partial charge in [0.15, 0.2) is 5.78 Å². The highest BCUT2D eigenvalue weighted by Gasteiger charge is 2.40. The Bertz CT molecular complexity index is 391. The molecule has 2 rings (SSSR count). The van der Waals surface area contributed by atoms with Crippen LogP contribution in [0.1, 0.15) is 49.4 Å². The first-order chi connectivity index (χ1) is 7.69. The van der Waals surface area contributed by atoms with Crippen molar-refractivity contribution in [1.29, 1.82) is 0 Å². The van der Waals surface area contributed by atoms with Crippen LogP contribution in [-0.4, -0.2) is 5.78 Å².